The molecule has 1 rings (SSSR count). The predicted molar refractivity (Wildman–Crippen MR) is 49.8 cm³/mol. The molecule has 1 aromatic carbocycles. The quantitative estimate of drug-likeness (QED) is 0.695. The fraction of sp³-hybridized carbons (Fsp3) is 0.250. The van der Waals surface area contributed by atoms with Crippen LogP contribution >= 0.6 is 0 Å². The van der Waals surface area contributed by atoms with Crippen LogP contribution in [-0.2, 0) is 15.9 Å². The van der Waals surface area contributed by atoms with E-state index in [1.165, 1.54) is 0 Å². The molecule has 5 heteroatoms. The summed E-state index contributed by atoms with van der Waals surface area (Å²) < 4.78 is 29.2. The summed E-state index contributed by atoms with van der Waals surface area (Å²) in [6, 6.07) is 8.52. The molecule has 0 amide bonds. The average Bonchev–Trinajstić information content (AvgIpc) is 2.07. The molecule has 0 aliphatic carbocycles. The van der Waals surface area contributed by atoms with Crippen molar-refractivity contribution in [3.05, 3.63) is 35.9 Å². The minimum absolute atomic E-state index is 0.312. The summed E-state index contributed by atoms with van der Waals surface area (Å²) in [4.78, 5) is 0. The van der Waals surface area contributed by atoms with Crippen molar-refractivity contribution in [3.8, 4) is 0 Å². The van der Waals surface area contributed by atoms with Crippen LogP contribution in [-0.4, -0.2) is 25.2 Å². The van der Waals surface area contributed by atoms with Gasteiger partial charge in [-0.1, -0.05) is 30.3 Å². The zero-order valence-electron chi connectivity index (χ0n) is 7.21. The molecule has 0 aromatic heterocycles. The first-order valence-electron chi connectivity index (χ1n) is 3.52. The van der Waals surface area contributed by atoms with Gasteiger partial charge in [0.05, 0.1) is 0 Å². The molecule has 0 spiro atoms. The lowest BCUT2D eigenvalue weighted by atomic mass is 10.2. The summed E-state index contributed by atoms with van der Waals surface area (Å²) in [6.45, 7) is 0. The Bertz CT molecular complexity index is 317. The maximum Gasteiger partial charge on any atom is 0.269 e. The van der Waals surface area contributed by atoms with Gasteiger partial charge >= 0.3 is 0 Å². The van der Waals surface area contributed by atoms with Crippen molar-refractivity contribution in [2.75, 3.05) is 7.11 Å². The molecule has 0 aliphatic heterocycles. The third kappa shape index (κ3) is 6.27. The van der Waals surface area contributed by atoms with E-state index in [9.17, 15) is 8.42 Å². The van der Waals surface area contributed by atoms with Crippen LogP contribution < -0.4 is 0 Å². The number of aliphatic hydroxyl groups is 1. The Hall–Kier alpha value is -0.910. The first kappa shape index (κ1) is 12.1. The molecule has 0 bridgehead atoms. The first-order chi connectivity index (χ1) is 6.08. The van der Waals surface area contributed by atoms with E-state index in [0.29, 0.717) is 5.56 Å². The summed E-state index contributed by atoms with van der Waals surface area (Å²) in [7, 11) is -2.88. The average molecular weight is 204 g/mol. The van der Waals surface area contributed by atoms with Crippen LogP contribution in [0.5, 0.6) is 0 Å². The largest absolute Gasteiger partial charge is 0.400 e. The normalized spacial score (nSPS) is 10.1. The molecular weight excluding hydrogens is 192 g/mol. The zero-order chi connectivity index (χ0) is 10.3. The van der Waals surface area contributed by atoms with E-state index in [-0.39, 0.29) is 5.75 Å². The topological polar surface area (TPSA) is 74.6 Å². The third-order valence-electron chi connectivity index (χ3n) is 1.19. The highest BCUT2D eigenvalue weighted by Crippen LogP contribution is 2.02. The molecular formula is C8H12O4S. The minimum atomic E-state index is -3.88. The summed E-state index contributed by atoms with van der Waals surface area (Å²) >= 11 is 0. The van der Waals surface area contributed by atoms with Crippen molar-refractivity contribution < 1.29 is 18.1 Å². The molecule has 0 radical (unpaired) electrons. The second-order valence-electron chi connectivity index (χ2n) is 2.21. The standard InChI is InChI=1S/C7H8O3S.CH4O/c8-11(9,10)6-7-4-2-1-3-5-7;1-2/h1-5H,6H2,(H,8,9,10);2H,1H3. The van der Waals surface area contributed by atoms with Crippen molar-refractivity contribution in [2.45, 2.75) is 5.75 Å². The van der Waals surface area contributed by atoms with Crippen LogP contribution in [0.25, 0.3) is 0 Å². The predicted octanol–water partition coefficient (Wildman–Crippen LogP) is 0.683. The van der Waals surface area contributed by atoms with E-state index in [2.05, 4.69) is 0 Å². The van der Waals surface area contributed by atoms with Gasteiger partial charge < -0.3 is 5.11 Å². The highest BCUT2D eigenvalue weighted by Gasteiger charge is 2.04. The monoisotopic (exact) mass is 204 g/mol. The molecule has 0 fully saturated rings. The Morgan fingerprint density at radius 3 is 2.00 bits per heavy atom. The van der Waals surface area contributed by atoms with Crippen LogP contribution in [0, 0.1) is 0 Å². The summed E-state index contributed by atoms with van der Waals surface area (Å²) in [6.07, 6.45) is 0. The number of rotatable bonds is 2. The van der Waals surface area contributed by atoms with Gasteiger partial charge in [-0.05, 0) is 5.56 Å². The molecule has 0 saturated heterocycles. The molecule has 0 saturated carbocycles. The molecule has 0 heterocycles. The molecule has 2 N–H and O–H groups in total. The van der Waals surface area contributed by atoms with E-state index in [0.717, 1.165) is 7.11 Å². The van der Waals surface area contributed by atoms with Crippen LogP contribution in [0.15, 0.2) is 30.3 Å². The van der Waals surface area contributed by atoms with Crippen LogP contribution in [0.2, 0.25) is 0 Å². The maximum absolute atomic E-state index is 10.4. The molecule has 0 aliphatic rings. The Labute approximate surface area is 77.6 Å². The SMILES string of the molecule is CO.O=S(=O)(O)Cc1ccccc1. The Kier molecular flexibility index (Phi) is 5.29. The number of hydrogen-bond donors (Lipinski definition) is 2. The first-order valence-corrected chi connectivity index (χ1v) is 5.13. The lowest BCUT2D eigenvalue weighted by Gasteiger charge is -1.95. The van der Waals surface area contributed by atoms with Crippen molar-refractivity contribution in [1.29, 1.82) is 0 Å². The van der Waals surface area contributed by atoms with E-state index in [1.54, 1.807) is 30.3 Å². The fourth-order valence-electron chi connectivity index (χ4n) is 0.785. The van der Waals surface area contributed by atoms with Crippen molar-refractivity contribution in [2.24, 2.45) is 0 Å². The van der Waals surface area contributed by atoms with Crippen LogP contribution in [0.1, 0.15) is 5.56 Å². The second-order valence-corrected chi connectivity index (χ2v) is 3.66. The van der Waals surface area contributed by atoms with Gasteiger partial charge in [-0.2, -0.15) is 8.42 Å². The molecule has 13 heavy (non-hydrogen) atoms. The van der Waals surface area contributed by atoms with Gasteiger partial charge in [-0.25, -0.2) is 0 Å². The molecule has 0 atom stereocenters. The Balaban J connectivity index is 0.000000671. The fourth-order valence-corrected chi connectivity index (χ4v) is 1.40. The molecule has 74 valence electrons. The van der Waals surface area contributed by atoms with Gasteiger partial charge in [-0.15, -0.1) is 0 Å². The zero-order valence-corrected chi connectivity index (χ0v) is 8.03. The smallest absolute Gasteiger partial charge is 0.269 e. The van der Waals surface area contributed by atoms with Gasteiger partial charge in [0, 0.05) is 7.11 Å². The lowest BCUT2D eigenvalue weighted by Crippen LogP contribution is -2.00. The number of benzene rings is 1. The Morgan fingerprint density at radius 2 is 1.62 bits per heavy atom. The highest BCUT2D eigenvalue weighted by molar-refractivity contribution is 7.85. The van der Waals surface area contributed by atoms with Gasteiger partial charge in [0.1, 0.15) is 5.75 Å². The van der Waals surface area contributed by atoms with E-state index >= 15 is 0 Å². The molecule has 4 nitrogen and oxygen atoms in total. The van der Waals surface area contributed by atoms with Gasteiger partial charge in [0.25, 0.3) is 10.1 Å². The summed E-state index contributed by atoms with van der Waals surface area (Å²) in [5.74, 6) is -0.312. The second kappa shape index (κ2) is 5.69. The van der Waals surface area contributed by atoms with E-state index in [4.69, 9.17) is 9.66 Å². The van der Waals surface area contributed by atoms with Crippen molar-refractivity contribution >= 4 is 10.1 Å². The summed E-state index contributed by atoms with van der Waals surface area (Å²) in [5.41, 5.74) is 0.593. The lowest BCUT2D eigenvalue weighted by molar-refractivity contribution is 0.399. The highest BCUT2D eigenvalue weighted by atomic mass is 32.2. The van der Waals surface area contributed by atoms with Crippen molar-refractivity contribution in [1.82, 2.24) is 0 Å². The third-order valence-corrected chi connectivity index (χ3v) is 1.89. The van der Waals surface area contributed by atoms with E-state index in [1.807, 2.05) is 0 Å². The van der Waals surface area contributed by atoms with Crippen LogP contribution in [0.3, 0.4) is 0 Å². The van der Waals surface area contributed by atoms with Crippen molar-refractivity contribution in [3.63, 3.8) is 0 Å². The molecule has 0 unspecified atom stereocenters. The number of hydrogen-bond acceptors (Lipinski definition) is 3. The molecule has 1 aromatic rings. The maximum atomic E-state index is 10.4. The summed E-state index contributed by atoms with van der Waals surface area (Å²) in [5, 5.41) is 7.00. The van der Waals surface area contributed by atoms with E-state index < -0.39 is 10.1 Å². The number of aliphatic hydroxyl groups excluding tert-OH is 1. The van der Waals surface area contributed by atoms with Gasteiger partial charge in [0.2, 0.25) is 0 Å². The van der Waals surface area contributed by atoms with Crippen LogP contribution in [0.4, 0.5) is 0 Å². The van der Waals surface area contributed by atoms with Gasteiger partial charge in [-0.3, -0.25) is 4.55 Å². The Morgan fingerprint density at radius 1 is 1.15 bits per heavy atom. The minimum Gasteiger partial charge on any atom is -0.400 e. The van der Waals surface area contributed by atoms with Gasteiger partial charge in [0.15, 0.2) is 0 Å².